The van der Waals surface area contributed by atoms with Gasteiger partial charge in [0.25, 0.3) is 0 Å². The Morgan fingerprint density at radius 1 is 0.326 bits per heavy atom. The number of hydrogen-bond donors (Lipinski definition) is 0. The van der Waals surface area contributed by atoms with Crippen LogP contribution in [0.3, 0.4) is 0 Å². The van der Waals surface area contributed by atoms with Gasteiger partial charge in [0, 0.05) is 0 Å². The maximum absolute atomic E-state index is 2.62. The van der Waals surface area contributed by atoms with E-state index in [2.05, 4.69) is 132 Å². The van der Waals surface area contributed by atoms with E-state index in [9.17, 15) is 0 Å². The van der Waals surface area contributed by atoms with Crippen molar-refractivity contribution in [3.05, 3.63) is 115 Å². The van der Waals surface area contributed by atoms with Crippen LogP contribution in [0.2, 0.25) is 0 Å². The third-order valence-electron chi connectivity index (χ3n) is 11.3. The van der Waals surface area contributed by atoms with Gasteiger partial charge in [0.15, 0.2) is 0 Å². The van der Waals surface area contributed by atoms with Crippen molar-refractivity contribution in [2.45, 2.75) is 143 Å². The highest BCUT2D eigenvalue weighted by Crippen LogP contribution is 2.47. The Balaban J connectivity index is 1.50. The van der Waals surface area contributed by atoms with E-state index >= 15 is 0 Å². The van der Waals surface area contributed by atoms with Crippen LogP contribution in [0.1, 0.15) is 150 Å². The number of fused-ring (bicyclic) bond motifs is 5. The summed E-state index contributed by atoms with van der Waals surface area (Å²) >= 11 is 0. The minimum absolute atomic E-state index is 0.0877. The Morgan fingerprint density at radius 3 is 1.09 bits per heavy atom. The lowest BCUT2D eigenvalue weighted by atomic mass is 9.77. The molecule has 0 radical (unpaired) electrons. The summed E-state index contributed by atoms with van der Waals surface area (Å²) in [5.74, 6) is 0. The fourth-order valence-corrected chi connectivity index (χ4v) is 8.76. The molecule has 0 unspecified atom stereocenters. The number of rotatable bonds is 0. The van der Waals surface area contributed by atoms with Crippen LogP contribution < -0.4 is 0 Å². The van der Waals surface area contributed by atoms with E-state index in [1.54, 1.807) is 27.8 Å². The van der Waals surface area contributed by atoms with Gasteiger partial charge in [-0.2, -0.15) is 0 Å². The van der Waals surface area contributed by atoms with E-state index < -0.39 is 0 Å². The van der Waals surface area contributed by atoms with Gasteiger partial charge < -0.3 is 0 Å². The molecule has 0 heterocycles. The van der Waals surface area contributed by atoms with Crippen molar-refractivity contribution < 1.29 is 0 Å². The van der Waals surface area contributed by atoms with Gasteiger partial charge in [-0.3, -0.25) is 0 Å². The van der Waals surface area contributed by atoms with E-state index in [1.165, 1.54) is 61.2 Å². The molecule has 7 bridgehead atoms. The first-order chi connectivity index (χ1) is 21.3. The van der Waals surface area contributed by atoms with Crippen molar-refractivity contribution in [3.63, 3.8) is 0 Å². The Kier molecular flexibility index (Phi) is 6.97. The van der Waals surface area contributed by atoms with E-state index in [0.717, 1.165) is 38.5 Å². The second-order valence-electron chi connectivity index (χ2n) is 19.0. The maximum atomic E-state index is 2.62. The predicted molar refractivity (Wildman–Crippen MR) is 199 cm³/mol. The standard InChI is InChI=1S/C46H56/c1-43(2,3)34-21-27-13-14-28-17-31-20-32-18-29(41(45(7,8)9)25-37(32)36(31)24-40(28)44(4,5)6)15-16-30-19-33-22-35(27)39(23-34)38(33)26-42(30)46(10,11)12/h17-19,21,23-26H,13-16,20,22H2,1-12H3. The number of benzene rings is 4. The summed E-state index contributed by atoms with van der Waals surface area (Å²) in [6.45, 7) is 28.8. The summed E-state index contributed by atoms with van der Waals surface area (Å²) in [5, 5.41) is 0. The van der Waals surface area contributed by atoms with Gasteiger partial charge in [0.05, 0.1) is 0 Å². The smallest absolute Gasteiger partial charge is 0.00106 e. The fourth-order valence-electron chi connectivity index (χ4n) is 8.76. The zero-order chi connectivity index (χ0) is 33.1. The maximum Gasteiger partial charge on any atom is -0.00106 e. The zero-order valence-corrected chi connectivity index (χ0v) is 30.9. The highest BCUT2D eigenvalue weighted by atomic mass is 14.4. The van der Waals surface area contributed by atoms with Gasteiger partial charge in [-0.25, -0.2) is 0 Å². The van der Waals surface area contributed by atoms with Gasteiger partial charge in [-0.1, -0.05) is 132 Å². The topological polar surface area (TPSA) is 0 Å². The molecule has 0 atom stereocenters. The van der Waals surface area contributed by atoms with Crippen LogP contribution in [-0.2, 0) is 60.2 Å². The average molecular weight is 609 g/mol. The molecule has 7 rings (SSSR count). The fraction of sp³-hybridized carbons (Fsp3) is 0.478. The third kappa shape index (κ3) is 5.29. The number of hydrogen-bond acceptors (Lipinski definition) is 0. The van der Waals surface area contributed by atoms with Gasteiger partial charge >= 0.3 is 0 Å². The molecule has 3 aliphatic rings. The molecule has 0 nitrogen and oxygen atoms in total. The molecule has 0 saturated carbocycles. The van der Waals surface area contributed by atoms with Crippen LogP contribution in [0.25, 0.3) is 22.3 Å². The normalized spacial score (nSPS) is 15.7. The molecule has 4 aromatic rings. The highest BCUT2D eigenvalue weighted by Gasteiger charge is 2.32. The van der Waals surface area contributed by atoms with Crippen LogP contribution in [0.4, 0.5) is 0 Å². The summed E-state index contributed by atoms with van der Waals surface area (Å²) in [7, 11) is 0. The minimum atomic E-state index is 0.0877. The van der Waals surface area contributed by atoms with E-state index in [4.69, 9.17) is 0 Å². The molecule has 4 aromatic carbocycles. The summed E-state index contributed by atoms with van der Waals surface area (Å²) < 4.78 is 0. The van der Waals surface area contributed by atoms with Crippen LogP contribution in [0.5, 0.6) is 0 Å². The lowest BCUT2D eigenvalue weighted by Gasteiger charge is -2.27. The van der Waals surface area contributed by atoms with E-state index in [-0.39, 0.29) is 21.7 Å². The van der Waals surface area contributed by atoms with Crippen LogP contribution in [-0.4, -0.2) is 0 Å². The molecule has 0 heteroatoms. The highest BCUT2D eigenvalue weighted by molar-refractivity contribution is 5.81. The van der Waals surface area contributed by atoms with Crippen molar-refractivity contribution in [3.8, 4) is 22.3 Å². The molecule has 0 aromatic heterocycles. The second kappa shape index (κ2) is 10.2. The lowest BCUT2D eigenvalue weighted by Crippen LogP contribution is -2.17. The van der Waals surface area contributed by atoms with Crippen molar-refractivity contribution in [2.75, 3.05) is 0 Å². The van der Waals surface area contributed by atoms with Gasteiger partial charge in [0.1, 0.15) is 0 Å². The Labute approximate surface area is 280 Å². The predicted octanol–water partition coefficient (Wildman–Crippen LogP) is 11.9. The Morgan fingerprint density at radius 2 is 0.696 bits per heavy atom. The molecule has 240 valence electrons. The molecule has 0 aliphatic heterocycles. The van der Waals surface area contributed by atoms with Crippen LogP contribution in [0, 0.1) is 0 Å². The first kappa shape index (κ1) is 31.5. The molecule has 0 fully saturated rings. The summed E-state index contributed by atoms with van der Waals surface area (Å²) in [6.07, 6.45) is 6.47. The quantitative estimate of drug-likeness (QED) is 0.161. The van der Waals surface area contributed by atoms with Crippen LogP contribution in [0.15, 0.2) is 48.5 Å². The molecule has 0 spiro atoms. The molecule has 0 N–H and O–H groups in total. The summed E-state index contributed by atoms with van der Waals surface area (Å²) in [6, 6.07) is 20.7. The molecule has 0 saturated heterocycles. The first-order valence-corrected chi connectivity index (χ1v) is 17.9. The third-order valence-corrected chi connectivity index (χ3v) is 11.3. The first-order valence-electron chi connectivity index (χ1n) is 17.9. The van der Waals surface area contributed by atoms with E-state index in [1.807, 2.05) is 0 Å². The Bertz CT molecular complexity index is 1900. The van der Waals surface area contributed by atoms with Crippen molar-refractivity contribution in [2.24, 2.45) is 0 Å². The largest absolute Gasteiger partial charge is 0.0561 e. The average Bonchev–Trinajstić information content (AvgIpc) is 3.47. The number of aryl methyl sites for hydroxylation is 4. The molecular formula is C46H56. The van der Waals surface area contributed by atoms with Gasteiger partial charge in [-0.15, -0.1) is 0 Å². The van der Waals surface area contributed by atoms with Crippen molar-refractivity contribution >= 4 is 0 Å². The zero-order valence-electron chi connectivity index (χ0n) is 30.9. The minimum Gasteiger partial charge on any atom is -0.0561 e. The Hall–Kier alpha value is -3.12. The molecule has 0 amide bonds. The summed E-state index contributed by atoms with van der Waals surface area (Å²) in [4.78, 5) is 0. The monoisotopic (exact) mass is 608 g/mol. The van der Waals surface area contributed by atoms with Crippen molar-refractivity contribution in [1.82, 2.24) is 0 Å². The van der Waals surface area contributed by atoms with Gasteiger partial charge in [0.2, 0.25) is 0 Å². The van der Waals surface area contributed by atoms with Crippen molar-refractivity contribution in [1.29, 1.82) is 0 Å². The molecule has 46 heavy (non-hydrogen) atoms. The SMILES string of the molecule is CC(C)(C)c1cc2c3c(c1)-c1cc(C(C)(C)C)c(cc1C3)CCc1cc3c(cc1C(C)(C)C)-c1cc(C(C)(C)C)c(cc1C3)CC2. The van der Waals surface area contributed by atoms with Crippen LogP contribution >= 0.6 is 0 Å². The summed E-state index contributed by atoms with van der Waals surface area (Å²) in [5.41, 5.74) is 24.7. The lowest BCUT2D eigenvalue weighted by molar-refractivity contribution is 0.575. The second-order valence-corrected chi connectivity index (χ2v) is 19.0. The van der Waals surface area contributed by atoms with E-state index in [0.29, 0.717) is 0 Å². The van der Waals surface area contributed by atoms with Gasteiger partial charge in [-0.05, 0) is 149 Å². The molecule has 3 aliphatic carbocycles. The molecular weight excluding hydrogens is 553 g/mol.